The number of phenols is 1. The molecule has 0 radical (unpaired) electrons. The number of aromatic hydroxyl groups is 1. The van der Waals surface area contributed by atoms with Crippen molar-refractivity contribution >= 4 is 11.6 Å². The molecule has 20 heavy (non-hydrogen) atoms. The summed E-state index contributed by atoms with van der Waals surface area (Å²) in [6.07, 6.45) is 0. The number of piperazine rings is 1. The van der Waals surface area contributed by atoms with Gasteiger partial charge in [0.15, 0.2) is 11.5 Å². The zero-order valence-corrected chi connectivity index (χ0v) is 12.7. The first-order chi connectivity index (χ1) is 9.61. The highest BCUT2D eigenvalue weighted by atomic mass is 16.5. The number of carbonyl (C=O) groups excluding carboxylic acids is 1. The van der Waals surface area contributed by atoms with Crippen LogP contribution in [0.4, 0.5) is 5.69 Å². The van der Waals surface area contributed by atoms with Crippen molar-refractivity contribution in [3.8, 4) is 11.5 Å². The number of anilines is 1. The average Bonchev–Trinajstić information content (AvgIpc) is 2.49. The number of carbonyl (C=O) groups is 1. The van der Waals surface area contributed by atoms with E-state index in [1.54, 1.807) is 19.1 Å². The second kappa shape index (κ2) is 7.62. The van der Waals surface area contributed by atoms with Crippen LogP contribution >= 0.6 is 0 Å². The quantitative estimate of drug-likeness (QED) is 0.901. The Morgan fingerprint density at radius 1 is 1.20 bits per heavy atom. The standard InChI is InChI=1S/C13H18N2O3.C2H6/c1-10(16)14-5-7-15(8-6-14)11-3-4-13(18-2)12(17)9-11;1-2/h3-4,9,17H,5-8H2,1-2H3;1-2H3. The van der Waals surface area contributed by atoms with Gasteiger partial charge in [-0.05, 0) is 12.1 Å². The van der Waals surface area contributed by atoms with Gasteiger partial charge in [-0.1, -0.05) is 13.8 Å². The molecule has 0 aliphatic carbocycles. The van der Waals surface area contributed by atoms with E-state index >= 15 is 0 Å². The summed E-state index contributed by atoms with van der Waals surface area (Å²) in [5, 5.41) is 9.75. The molecule has 0 atom stereocenters. The molecule has 1 saturated heterocycles. The summed E-state index contributed by atoms with van der Waals surface area (Å²) < 4.78 is 5.01. The third kappa shape index (κ3) is 3.79. The van der Waals surface area contributed by atoms with Gasteiger partial charge >= 0.3 is 0 Å². The Morgan fingerprint density at radius 2 is 1.80 bits per heavy atom. The van der Waals surface area contributed by atoms with Crippen molar-refractivity contribution in [1.29, 1.82) is 0 Å². The van der Waals surface area contributed by atoms with Crippen LogP contribution in [0.2, 0.25) is 0 Å². The first kappa shape index (κ1) is 16.1. The lowest BCUT2D eigenvalue weighted by Crippen LogP contribution is -2.48. The van der Waals surface area contributed by atoms with E-state index in [4.69, 9.17) is 4.74 Å². The molecule has 5 heteroatoms. The zero-order chi connectivity index (χ0) is 15.1. The number of hydrogen-bond acceptors (Lipinski definition) is 4. The molecule has 1 aromatic rings. The van der Waals surface area contributed by atoms with Gasteiger partial charge in [-0.3, -0.25) is 4.79 Å². The van der Waals surface area contributed by atoms with Crippen LogP contribution in [-0.2, 0) is 4.79 Å². The molecule has 1 aromatic carbocycles. The second-order valence-corrected chi connectivity index (χ2v) is 4.35. The van der Waals surface area contributed by atoms with Gasteiger partial charge in [-0.15, -0.1) is 0 Å². The maximum absolute atomic E-state index is 11.2. The van der Waals surface area contributed by atoms with E-state index in [2.05, 4.69) is 4.90 Å². The number of benzene rings is 1. The molecule has 5 nitrogen and oxygen atoms in total. The first-order valence-electron chi connectivity index (χ1n) is 6.99. The van der Waals surface area contributed by atoms with Crippen LogP contribution in [0.1, 0.15) is 20.8 Å². The number of methoxy groups -OCH3 is 1. The summed E-state index contributed by atoms with van der Waals surface area (Å²) in [5.41, 5.74) is 0.955. The molecule has 1 amide bonds. The monoisotopic (exact) mass is 280 g/mol. The molecule has 112 valence electrons. The van der Waals surface area contributed by atoms with E-state index in [0.29, 0.717) is 5.75 Å². The van der Waals surface area contributed by atoms with E-state index < -0.39 is 0 Å². The molecule has 0 bridgehead atoms. The molecule has 2 rings (SSSR count). The normalized spacial score (nSPS) is 14.4. The maximum Gasteiger partial charge on any atom is 0.219 e. The first-order valence-corrected chi connectivity index (χ1v) is 6.99. The van der Waals surface area contributed by atoms with E-state index in [0.717, 1.165) is 31.9 Å². The summed E-state index contributed by atoms with van der Waals surface area (Å²) in [6.45, 7) is 8.61. The lowest BCUT2D eigenvalue weighted by molar-refractivity contribution is -0.129. The number of ether oxygens (including phenoxy) is 1. The number of phenolic OH excluding ortho intramolecular Hbond substituents is 1. The van der Waals surface area contributed by atoms with Crippen LogP contribution in [0.5, 0.6) is 11.5 Å². The van der Waals surface area contributed by atoms with Crippen molar-refractivity contribution in [1.82, 2.24) is 4.90 Å². The van der Waals surface area contributed by atoms with Gasteiger partial charge in [0.25, 0.3) is 0 Å². The SMILES string of the molecule is CC.COc1ccc(N2CCN(C(C)=O)CC2)cc1O. The summed E-state index contributed by atoms with van der Waals surface area (Å²) in [4.78, 5) is 15.2. The van der Waals surface area contributed by atoms with Gasteiger partial charge in [-0.2, -0.15) is 0 Å². The summed E-state index contributed by atoms with van der Waals surface area (Å²) in [7, 11) is 1.53. The van der Waals surface area contributed by atoms with Crippen LogP contribution in [0.15, 0.2) is 18.2 Å². The third-order valence-corrected chi connectivity index (χ3v) is 3.25. The van der Waals surface area contributed by atoms with Crippen molar-refractivity contribution in [2.75, 3.05) is 38.2 Å². The van der Waals surface area contributed by atoms with Gasteiger partial charge in [0.05, 0.1) is 7.11 Å². The molecule has 1 N–H and O–H groups in total. The lowest BCUT2D eigenvalue weighted by Gasteiger charge is -2.35. The third-order valence-electron chi connectivity index (χ3n) is 3.25. The Kier molecular flexibility index (Phi) is 6.15. The van der Waals surface area contributed by atoms with Gasteiger partial charge in [0, 0.05) is 44.9 Å². The van der Waals surface area contributed by atoms with Crippen molar-refractivity contribution in [3.63, 3.8) is 0 Å². The molecular weight excluding hydrogens is 256 g/mol. The topological polar surface area (TPSA) is 53.0 Å². The minimum absolute atomic E-state index is 0.118. The Balaban J connectivity index is 0.000000956. The minimum Gasteiger partial charge on any atom is -0.504 e. The van der Waals surface area contributed by atoms with Crippen molar-refractivity contribution in [2.45, 2.75) is 20.8 Å². The van der Waals surface area contributed by atoms with Crippen molar-refractivity contribution in [3.05, 3.63) is 18.2 Å². The highest BCUT2D eigenvalue weighted by Gasteiger charge is 2.19. The Labute approximate surface area is 120 Å². The average molecular weight is 280 g/mol. The largest absolute Gasteiger partial charge is 0.504 e. The highest BCUT2D eigenvalue weighted by Crippen LogP contribution is 2.30. The summed E-state index contributed by atoms with van der Waals surface area (Å²) >= 11 is 0. The minimum atomic E-state index is 0.118. The number of hydrogen-bond donors (Lipinski definition) is 1. The fourth-order valence-corrected chi connectivity index (χ4v) is 2.15. The summed E-state index contributed by atoms with van der Waals surface area (Å²) in [5.74, 6) is 0.734. The number of rotatable bonds is 2. The second-order valence-electron chi connectivity index (χ2n) is 4.35. The molecule has 0 unspecified atom stereocenters. The van der Waals surface area contributed by atoms with Crippen LogP contribution in [0, 0.1) is 0 Å². The molecule has 1 aliphatic rings. The van der Waals surface area contributed by atoms with Crippen LogP contribution in [0.3, 0.4) is 0 Å². The Bertz CT molecular complexity index is 441. The van der Waals surface area contributed by atoms with E-state index in [1.165, 1.54) is 7.11 Å². The van der Waals surface area contributed by atoms with Gasteiger partial charge in [-0.25, -0.2) is 0 Å². The zero-order valence-electron chi connectivity index (χ0n) is 12.7. The smallest absolute Gasteiger partial charge is 0.219 e. The summed E-state index contributed by atoms with van der Waals surface area (Å²) in [6, 6.07) is 5.37. The molecule has 0 spiro atoms. The number of amides is 1. The molecule has 1 heterocycles. The van der Waals surface area contributed by atoms with E-state index in [-0.39, 0.29) is 11.7 Å². The van der Waals surface area contributed by atoms with Gasteiger partial charge in [0.1, 0.15) is 0 Å². The van der Waals surface area contributed by atoms with Crippen LogP contribution < -0.4 is 9.64 Å². The van der Waals surface area contributed by atoms with Gasteiger partial charge < -0.3 is 19.6 Å². The Hall–Kier alpha value is -1.91. The molecule has 0 aromatic heterocycles. The van der Waals surface area contributed by atoms with Crippen LogP contribution in [-0.4, -0.2) is 49.2 Å². The van der Waals surface area contributed by atoms with Crippen molar-refractivity contribution in [2.24, 2.45) is 0 Å². The predicted molar refractivity (Wildman–Crippen MR) is 80.5 cm³/mol. The molecule has 1 fully saturated rings. The molecular formula is C15H24N2O3. The molecule has 1 aliphatic heterocycles. The van der Waals surface area contributed by atoms with Crippen LogP contribution in [0.25, 0.3) is 0 Å². The lowest BCUT2D eigenvalue weighted by atomic mass is 10.2. The highest BCUT2D eigenvalue weighted by molar-refractivity contribution is 5.73. The van der Waals surface area contributed by atoms with E-state index in [1.807, 2.05) is 24.8 Å². The molecule has 0 saturated carbocycles. The van der Waals surface area contributed by atoms with Crippen molar-refractivity contribution < 1.29 is 14.6 Å². The number of nitrogens with zero attached hydrogens (tertiary/aromatic N) is 2. The van der Waals surface area contributed by atoms with E-state index in [9.17, 15) is 9.90 Å². The fourth-order valence-electron chi connectivity index (χ4n) is 2.15. The maximum atomic E-state index is 11.2. The fraction of sp³-hybridized carbons (Fsp3) is 0.533. The predicted octanol–water partition coefficient (Wildman–Crippen LogP) is 2.10. The van der Waals surface area contributed by atoms with Gasteiger partial charge in [0.2, 0.25) is 5.91 Å². The Morgan fingerprint density at radius 3 is 2.25 bits per heavy atom.